The van der Waals surface area contributed by atoms with Crippen molar-refractivity contribution in [2.24, 2.45) is 5.92 Å². The molecule has 0 aromatic carbocycles. The van der Waals surface area contributed by atoms with Crippen molar-refractivity contribution in [2.75, 3.05) is 6.61 Å². The lowest BCUT2D eigenvalue weighted by atomic mass is 10.0. The Bertz CT molecular complexity index is 285. The van der Waals surface area contributed by atoms with Crippen LogP contribution >= 0.6 is 0 Å². The third-order valence-corrected chi connectivity index (χ3v) is 2.43. The van der Waals surface area contributed by atoms with E-state index < -0.39 is 0 Å². The van der Waals surface area contributed by atoms with E-state index in [0.29, 0.717) is 11.8 Å². The summed E-state index contributed by atoms with van der Waals surface area (Å²) in [6.45, 7) is 4.96. The van der Waals surface area contributed by atoms with Crippen LogP contribution in [0, 0.1) is 5.92 Å². The fourth-order valence-corrected chi connectivity index (χ4v) is 1.54. The van der Waals surface area contributed by atoms with Gasteiger partial charge in [-0.05, 0) is 12.3 Å². The highest BCUT2D eigenvalue weighted by atomic mass is 16.5. The maximum absolute atomic E-state index is 5.51. The summed E-state index contributed by atoms with van der Waals surface area (Å²) in [7, 11) is 0. The Morgan fingerprint density at radius 1 is 1.54 bits per heavy atom. The number of aromatic nitrogens is 2. The molecule has 72 valence electrons. The molecule has 0 saturated carbocycles. The summed E-state index contributed by atoms with van der Waals surface area (Å²) in [5.41, 5.74) is 0. The van der Waals surface area contributed by atoms with Crippen molar-refractivity contribution >= 4 is 0 Å². The molecule has 1 fully saturated rings. The van der Waals surface area contributed by atoms with Crippen LogP contribution in [-0.2, 0) is 11.2 Å². The highest BCUT2D eigenvalue weighted by Crippen LogP contribution is 2.32. The van der Waals surface area contributed by atoms with E-state index in [2.05, 4.69) is 17.1 Å². The first kappa shape index (κ1) is 8.69. The second kappa shape index (κ2) is 3.46. The van der Waals surface area contributed by atoms with Crippen LogP contribution in [0.5, 0.6) is 0 Å². The van der Waals surface area contributed by atoms with Crippen LogP contribution in [0.4, 0.5) is 0 Å². The summed E-state index contributed by atoms with van der Waals surface area (Å²) in [6.07, 6.45) is 1.91. The predicted octanol–water partition coefficient (Wildman–Crippen LogP) is 1.73. The van der Waals surface area contributed by atoms with Gasteiger partial charge in [0.1, 0.15) is 6.10 Å². The minimum atomic E-state index is 0.0211. The van der Waals surface area contributed by atoms with Crippen LogP contribution in [0.1, 0.15) is 38.1 Å². The molecular weight excluding hydrogens is 168 g/mol. The summed E-state index contributed by atoms with van der Waals surface area (Å²) in [5, 5.41) is 3.85. The minimum absolute atomic E-state index is 0.0211. The standard InChI is InChI=1S/C9H14N2O2/c1-3-7-10-9(13-11-7)8-6(2)4-5-12-8/h6,8H,3-5H2,1-2H3. The first-order valence-electron chi connectivity index (χ1n) is 4.75. The van der Waals surface area contributed by atoms with Crippen molar-refractivity contribution in [2.45, 2.75) is 32.8 Å². The summed E-state index contributed by atoms with van der Waals surface area (Å²) < 4.78 is 10.6. The molecule has 4 heteroatoms. The van der Waals surface area contributed by atoms with Gasteiger partial charge in [0.25, 0.3) is 5.89 Å². The number of ether oxygens (including phenoxy) is 1. The Balaban J connectivity index is 2.15. The van der Waals surface area contributed by atoms with Gasteiger partial charge in [0.2, 0.25) is 0 Å². The topological polar surface area (TPSA) is 48.2 Å². The van der Waals surface area contributed by atoms with Crippen LogP contribution < -0.4 is 0 Å². The Morgan fingerprint density at radius 3 is 2.92 bits per heavy atom. The van der Waals surface area contributed by atoms with Crippen molar-refractivity contribution in [1.29, 1.82) is 0 Å². The molecule has 2 atom stereocenters. The van der Waals surface area contributed by atoms with Gasteiger partial charge in [-0.3, -0.25) is 0 Å². The zero-order chi connectivity index (χ0) is 9.26. The van der Waals surface area contributed by atoms with E-state index >= 15 is 0 Å². The van der Waals surface area contributed by atoms with Gasteiger partial charge < -0.3 is 9.26 Å². The first-order valence-corrected chi connectivity index (χ1v) is 4.75. The van der Waals surface area contributed by atoms with Crippen molar-refractivity contribution in [3.05, 3.63) is 11.7 Å². The zero-order valence-electron chi connectivity index (χ0n) is 7.99. The van der Waals surface area contributed by atoms with Gasteiger partial charge in [0, 0.05) is 13.0 Å². The molecule has 0 bridgehead atoms. The van der Waals surface area contributed by atoms with Gasteiger partial charge in [-0.1, -0.05) is 19.0 Å². The van der Waals surface area contributed by atoms with Gasteiger partial charge in [-0.15, -0.1) is 0 Å². The van der Waals surface area contributed by atoms with Crippen LogP contribution in [-0.4, -0.2) is 16.7 Å². The summed E-state index contributed by atoms with van der Waals surface area (Å²) in [6, 6.07) is 0. The normalized spacial score (nSPS) is 28.2. The molecular formula is C9H14N2O2. The minimum Gasteiger partial charge on any atom is -0.368 e. The maximum atomic E-state index is 5.51. The van der Waals surface area contributed by atoms with Crippen LogP contribution in [0.15, 0.2) is 4.52 Å². The fraction of sp³-hybridized carbons (Fsp3) is 0.778. The monoisotopic (exact) mass is 182 g/mol. The van der Waals surface area contributed by atoms with Crippen LogP contribution in [0.2, 0.25) is 0 Å². The molecule has 0 spiro atoms. The van der Waals surface area contributed by atoms with Crippen LogP contribution in [0.25, 0.3) is 0 Å². The van der Waals surface area contributed by atoms with Crippen LogP contribution in [0.3, 0.4) is 0 Å². The predicted molar refractivity (Wildman–Crippen MR) is 46.2 cm³/mol. The lowest BCUT2D eigenvalue weighted by Crippen LogP contribution is -2.04. The SMILES string of the molecule is CCc1noc(C2OCCC2C)n1. The molecule has 1 aliphatic rings. The average Bonchev–Trinajstić information content (AvgIpc) is 2.71. The van der Waals surface area contributed by atoms with Gasteiger partial charge >= 0.3 is 0 Å². The average molecular weight is 182 g/mol. The smallest absolute Gasteiger partial charge is 0.256 e. The molecule has 0 aliphatic carbocycles. The molecule has 4 nitrogen and oxygen atoms in total. The fourth-order valence-electron chi connectivity index (χ4n) is 1.54. The molecule has 2 unspecified atom stereocenters. The first-order chi connectivity index (χ1) is 6.31. The quantitative estimate of drug-likeness (QED) is 0.698. The number of hydrogen-bond acceptors (Lipinski definition) is 4. The van der Waals surface area contributed by atoms with E-state index in [1.54, 1.807) is 0 Å². The Hall–Kier alpha value is -0.900. The molecule has 1 saturated heterocycles. The Labute approximate surface area is 77.3 Å². The van der Waals surface area contributed by atoms with Crippen molar-refractivity contribution in [3.63, 3.8) is 0 Å². The molecule has 13 heavy (non-hydrogen) atoms. The number of nitrogens with zero attached hydrogens (tertiary/aromatic N) is 2. The van der Waals surface area contributed by atoms with E-state index in [1.807, 2.05) is 6.92 Å². The molecule has 0 amide bonds. The summed E-state index contributed by atoms with van der Waals surface area (Å²) >= 11 is 0. The van der Waals surface area contributed by atoms with E-state index in [9.17, 15) is 0 Å². The molecule has 2 heterocycles. The third kappa shape index (κ3) is 1.58. The van der Waals surface area contributed by atoms with E-state index in [-0.39, 0.29) is 6.10 Å². The highest BCUT2D eigenvalue weighted by molar-refractivity contribution is 4.93. The Morgan fingerprint density at radius 2 is 2.38 bits per heavy atom. The zero-order valence-corrected chi connectivity index (χ0v) is 7.99. The second-order valence-electron chi connectivity index (χ2n) is 3.46. The maximum Gasteiger partial charge on any atom is 0.256 e. The third-order valence-electron chi connectivity index (χ3n) is 2.43. The van der Waals surface area contributed by atoms with Gasteiger partial charge in [0.05, 0.1) is 0 Å². The Kier molecular flexibility index (Phi) is 2.31. The van der Waals surface area contributed by atoms with Crippen molar-refractivity contribution in [1.82, 2.24) is 10.1 Å². The van der Waals surface area contributed by atoms with Gasteiger partial charge in [-0.2, -0.15) is 4.98 Å². The van der Waals surface area contributed by atoms with E-state index in [0.717, 1.165) is 25.3 Å². The summed E-state index contributed by atoms with van der Waals surface area (Å²) in [4.78, 5) is 4.26. The molecule has 2 rings (SSSR count). The lowest BCUT2D eigenvalue weighted by Gasteiger charge is -2.07. The van der Waals surface area contributed by atoms with E-state index in [1.165, 1.54) is 0 Å². The summed E-state index contributed by atoms with van der Waals surface area (Å²) in [5.74, 6) is 1.89. The number of rotatable bonds is 2. The van der Waals surface area contributed by atoms with Gasteiger partial charge in [0.15, 0.2) is 5.82 Å². The van der Waals surface area contributed by atoms with E-state index in [4.69, 9.17) is 9.26 Å². The molecule has 1 aliphatic heterocycles. The lowest BCUT2D eigenvalue weighted by molar-refractivity contribution is 0.0661. The number of hydrogen-bond donors (Lipinski definition) is 0. The van der Waals surface area contributed by atoms with Crippen molar-refractivity contribution < 1.29 is 9.26 Å². The molecule has 1 aromatic heterocycles. The number of aryl methyl sites for hydroxylation is 1. The molecule has 0 N–H and O–H groups in total. The van der Waals surface area contributed by atoms with Gasteiger partial charge in [-0.25, -0.2) is 0 Å². The molecule has 0 radical (unpaired) electrons. The largest absolute Gasteiger partial charge is 0.368 e. The molecule has 1 aromatic rings. The van der Waals surface area contributed by atoms with Crippen molar-refractivity contribution in [3.8, 4) is 0 Å². The highest BCUT2D eigenvalue weighted by Gasteiger charge is 2.30. The second-order valence-corrected chi connectivity index (χ2v) is 3.46.